The van der Waals surface area contributed by atoms with Crippen LogP contribution in [0.3, 0.4) is 0 Å². The lowest BCUT2D eigenvalue weighted by Gasteiger charge is -2.20. The molecule has 0 saturated carbocycles. The van der Waals surface area contributed by atoms with Crippen molar-refractivity contribution in [2.24, 2.45) is 5.73 Å². The first kappa shape index (κ1) is 15.4. The SMILES string of the molecule is CN1CCCN(S(=O)(=O)c2ccc(F)c(CN)c2)CC1. The van der Waals surface area contributed by atoms with Gasteiger partial charge in [-0.05, 0) is 38.2 Å². The van der Waals surface area contributed by atoms with Crippen LogP contribution in [-0.4, -0.2) is 50.8 Å². The van der Waals surface area contributed by atoms with Crippen LogP contribution in [0.4, 0.5) is 4.39 Å². The molecule has 0 aromatic heterocycles. The minimum atomic E-state index is -3.57. The van der Waals surface area contributed by atoms with E-state index in [4.69, 9.17) is 5.73 Å². The Morgan fingerprint density at radius 2 is 2.00 bits per heavy atom. The zero-order valence-corrected chi connectivity index (χ0v) is 12.4. The fourth-order valence-electron chi connectivity index (χ4n) is 2.28. The molecule has 1 aromatic carbocycles. The molecule has 1 aromatic rings. The number of benzene rings is 1. The highest BCUT2D eigenvalue weighted by Gasteiger charge is 2.26. The third-order valence-electron chi connectivity index (χ3n) is 3.55. The standard InChI is InChI=1S/C13H20FN3O2S/c1-16-5-2-6-17(8-7-16)20(18,19)12-3-4-13(14)11(9-12)10-15/h3-4,9H,2,5-8,10,15H2,1H3. The summed E-state index contributed by atoms with van der Waals surface area (Å²) in [4.78, 5) is 2.22. The molecule has 0 unspecified atom stereocenters. The van der Waals surface area contributed by atoms with Gasteiger partial charge in [0, 0.05) is 31.7 Å². The van der Waals surface area contributed by atoms with E-state index < -0.39 is 15.8 Å². The lowest BCUT2D eigenvalue weighted by molar-refractivity contribution is 0.347. The van der Waals surface area contributed by atoms with Crippen molar-refractivity contribution in [1.29, 1.82) is 0 Å². The van der Waals surface area contributed by atoms with E-state index in [1.54, 1.807) is 0 Å². The topological polar surface area (TPSA) is 66.6 Å². The maximum absolute atomic E-state index is 13.4. The summed E-state index contributed by atoms with van der Waals surface area (Å²) >= 11 is 0. The van der Waals surface area contributed by atoms with Gasteiger partial charge in [0.2, 0.25) is 10.0 Å². The van der Waals surface area contributed by atoms with E-state index in [-0.39, 0.29) is 17.0 Å². The van der Waals surface area contributed by atoms with Crippen molar-refractivity contribution in [3.05, 3.63) is 29.6 Å². The van der Waals surface area contributed by atoms with E-state index >= 15 is 0 Å². The molecule has 0 aliphatic carbocycles. The molecule has 2 rings (SSSR count). The Hall–Kier alpha value is -1.02. The van der Waals surface area contributed by atoms with Gasteiger partial charge < -0.3 is 10.6 Å². The largest absolute Gasteiger partial charge is 0.326 e. The maximum Gasteiger partial charge on any atom is 0.243 e. The van der Waals surface area contributed by atoms with E-state index in [0.717, 1.165) is 13.0 Å². The van der Waals surface area contributed by atoms with Gasteiger partial charge in [-0.25, -0.2) is 12.8 Å². The van der Waals surface area contributed by atoms with Crippen molar-refractivity contribution in [3.63, 3.8) is 0 Å². The van der Waals surface area contributed by atoms with Crippen molar-refractivity contribution >= 4 is 10.0 Å². The van der Waals surface area contributed by atoms with Gasteiger partial charge >= 0.3 is 0 Å². The van der Waals surface area contributed by atoms with Gasteiger partial charge in [0.1, 0.15) is 5.82 Å². The van der Waals surface area contributed by atoms with Crippen LogP contribution < -0.4 is 5.73 Å². The third kappa shape index (κ3) is 3.17. The molecular formula is C13H20FN3O2S. The Morgan fingerprint density at radius 1 is 1.25 bits per heavy atom. The fourth-order valence-corrected chi connectivity index (χ4v) is 3.80. The van der Waals surface area contributed by atoms with E-state index in [2.05, 4.69) is 4.90 Å². The first-order valence-electron chi connectivity index (χ1n) is 6.62. The van der Waals surface area contributed by atoms with Crippen molar-refractivity contribution in [2.45, 2.75) is 17.9 Å². The Morgan fingerprint density at radius 3 is 2.70 bits per heavy atom. The average Bonchev–Trinajstić information content (AvgIpc) is 2.64. The highest BCUT2D eigenvalue weighted by molar-refractivity contribution is 7.89. The Kier molecular flexibility index (Phi) is 4.74. The second-order valence-electron chi connectivity index (χ2n) is 5.02. The van der Waals surface area contributed by atoms with Crippen molar-refractivity contribution in [3.8, 4) is 0 Å². The van der Waals surface area contributed by atoms with E-state index in [0.29, 0.717) is 19.6 Å². The summed E-state index contributed by atoms with van der Waals surface area (Å²) in [5.74, 6) is -0.470. The number of rotatable bonds is 3. The lowest BCUT2D eigenvalue weighted by Crippen LogP contribution is -2.34. The smallest absolute Gasteiger partial charge is 0.243 e. The highest BCUT2D eigenvalue weighted by Crippen LogP contribution is 2.20. The summed E-state index contributed by atoms with van der Waals surface area (Å²) in [6, 6.07) is 3.80. The summed E-state index contributed by atoms with van der Waals surface area (Å²) in [6.45, 7) is 2.50. The molecule has 0 bridgehead atoms. The van der Waals surface area contributed by atoms with Crippen molar-refractivity contribution < 1.29 is 12.8 Å². The Bertz CT molecular complexity index is 577. The summed E-state index contributed by atoms with van der Waals surface area (Å²) in [7, 11) is -1.60. The fraction of sp³-hybridized carbons (Fsp3) is 0.538. The normalized spacial score (nSPS) is 18.9. The number of nitrogens with zero attached hydrogens (tertiary/aromatic N) is 2. The number of hydrogen-bond acceptors (Lipinski definition) is 4. The van der Waals surface area contributed by atoms with Crippen LogP contribution in [0.2, 0.25) is 0 Å². The summed E-state index contributed by atoms with van der Waals surface area (Å²) in [5.41, 5.74) is 5.65. The number of hydrogen-bond donors (Lipinski definition) is 1. The predicted octanol–water partition coefficient (Wildman–Crippen LogP) is 0.611. The molecule has 7 heteroatoms. The minimum Gasteiger partial charge on any atom is -0.326 e. The quantitative estimate of drug-likeness (QED) is 0.888. The van der Waals surface area contributed by atoms with Gasteiger partial charge in [0.25, 0.3) is 0 Å². The summed E-state index contributed by atoms with van der Waals surface area (Å²) in [6.07, 6.45) is 0.792. The molecule has 0 atom stereocenters. The number of nitrogens with two attached hydrogens (primary N) is 1. The third-order valence-corrected chi connectivity index (χ3v) is 5.45. The molecule has 2 N–H and O–H groups in total. The van der Waals surface area contributed by atoms with Gasteiger partial charge in [-0.3, -0.25) is 0 Å². The first-order valence-corrected chi connectivity index (χ1v) is 8.06. The van der Waals surface area contributed by atoms with Gasteiger partial charge in [-0.2, -0.15) is 4.31 Å². The maximum atomic E-state index is 13.4. The second kappa shape index (κ2) is 6.17. The molecule has 1 saturated heterocycles. The number of halogens is 1. The molecule has 0 radical (unpaired) electrons. The lowest BCUT2D eigenvalue weighted by atomic mass is 10.2. The molecule has 0 amide bonds. The Labute approximate surface area is 119 Å². The van der Waals surface area contributed by atoms with Crippen LogP contribution in [0, 0.1) is 5.82 Å². The van der Waals surface area contributed by atoms with Crippen LogP contribution in [0.5, 0.6) is 0 Å². The van der Waals surface area contributed by atoms with E-state index in [1.807, 2.05) is 7.05 Å². The zero-order valence-electron chi connectivity index (χ0n) is 11.5. The van der Waals surface area contributed by atoms with Gasteiger partial charge in [0.05, 0.1) is 4.90 Å². The van der Waals surface area contributed by atoms with Gasteiger partial charge in [-0.1, -0.05) is 0 Å². The molecule has 112 valence electrons. The summed E-state index contributed by atoms with van der Waals surface area (Å²) < 4.78 is 40.0. The van der Waals surface area contributed by atoms with Gasteiger partial charge in [-0.15, -0.1) is 0 Å². The molecule has 1 fully saturated rings. The molecule has 5 nitrogen and oxygen atoms in total. The van der Waals surface area contributed by atoms with Crippen LogP contribution in [-0.2, 0) is 16.6 Å². The number of sulfonamides is 1. The minimum absolute atomic E-state index is 0.0159. The highest BCUT2D eigenvalue weighted by atomic mass is 32.2. The van der Waals surface area contributed by atoms with Crippen LogP contribution >= 0.6 is 0 Å². The Balaban J connectivity index is 2.29. The molecule has 20 heavy (non-hydrogen) atoms. The van der Waals surface area contributed by atoms with Crippen LogP contribution in [0.25, 0.3) is 0 Å². The average molecular weight is 301 g/mol. The zero-order chi connectivity index (χ0) is 14.8. The van der Waals surface area contributed by atoms with Gasteiger partial charge in [0.15, 0.2) is 0 Å². The van der Waals surface area contributed by atoms with Crippen LogP contribution in [0.15, 0.2) is 23.1 Å². The molecular weight excluding hydrogens is 281 g/mol. The molecule has 1 aliphatic heterocycles. The van der Waals surface area contributed by atoms with Crippen LogP contribution in [0.1, 0.15) is 12.0 Å². The summed E-state index contributed by atoms with van der Waals surface area (Å²) in [5, 5.41) is 0. The monoisotopic (exact) mass is 301 g/mol. The second-order valence-corrected chi connectivity index (χ2v) is 6.96. The van der Waals surface area contributed by atoms with E-state index in [9.17, 15) is 12.8 Å². The molecule has 0 spiro atoms. The predicted molar refractivity (Wildman–Crippen MR) is 75.2 cm³/mol. The van der Waals surface area contributed by atoms with Crippen molar-refractivity contribution in [2.75, 3.05) is 33.2 Å². The first-order chi connectivity index (χ1) is 9.45. The van der Waals surface area contributed by atoms with E-state index in [1.165, 1.54) is 22.5 Å². The molecule has 1 heterocycles. The molecule has 1 aliphatic rings. The van der Waals surface area contributed by atoms with Crippen molar-refractivity contribution in [1.82, 2.24) is 9.21 Å². The number of likely N-dealkylation sites (N-methyl/N-ethyl adjacent to an activating group) is 1.